The molecule has 2 rings (SSSR count). The molecule has 118 valence electrons. The van der Waals surface area contributed by atoms with Crippen molar-refractivity contribution in [2.24, 2.45) is 11.8 Å². The fourth-order valence-corrected chi connectivity index (χ4v) is 3.14. The Labute approximate surface area is 128 Å². The highest BCUT2D eigenvalue weighted by atomic mass is 16.5. The number of ether oxygens (including phenoxy) is 2. The van der Waals surface area contributed by atoms with Crippen LogP contribution in [-0.2, 0) is 4.74 Å². The molecule has 1 fully saturated rings. The van der Waals surface area contributed by atoms with E-state index in [4.69, 9.17) is 9.47 Å². The molecule has 0 aromatic heterocycles. The Balaban J connectivity index is 1.96. The number of rotatable bonds is 7. The molecule has 1 aromatic rings. The van der Waals surface area contributed by atoms with Crippen LogP contribution in [0.3, 0.4) is 0 Å². The molecule has 3 heteroatoms. The number of hydrogen-bond donors (Lipinski definition) is 1. The second-order valence-corrected chi connectivity index (χ2v) is 6.20. The molecule has 3 nitrogen and oxygen atoms in total. The van der Waals surface area contributed by atoms with Gasteiger partial charge in [-0.15, -0.1) is 0 Å². The molecule has 0 aliphatic heterocycles. The molecule has 21 heavy (non-hydrogen) atoms. The molecular formula is C18H28O3. The number of aliphatic hydroxyl groups excluding tert-OH is 1. The summed E-state index contributed by atoms with van der Waals surface area (Å²) in [7, 11) is 1.69. The van der Waals surface area contributed by atoms with Crippen molar-refractivity contribution in [3.05, 3.63) is 29.8 Å². The first kappa shape index (κ1) is 16.3. The summed E-state index contributed by atoms with van der Waals surface area (Å²) in [5.41, 5.74) is 1.07. The van der Waals surface area contributed by atoms with Gasteiger partial charge in [-0.05, 0) is 36.5 Å². The van der Waals surface area contributed by atoms with E-state index in [1.807, 2.05) is 31.2 Å². The molecule has 0 radical (unpaired) electrons. The molecule has 0 saturated heterocycles. The molecule has 1 aliphatic rings. The van der Waals surface area contributed by atoms with Crippen molar-refractivity contribution < 1.29 is 14.6 Å². The standard InChI is InChI=1S/C18H28O3/c1-14(12-19)18(20-2)16-9-6-10-17(11-16)21-13-15-7-4-3-5-8-15/h6,9-11,14-15,18-19H,3-5,7-8,12-13H2,1-2H3/t14-,18-/m0/s1. The maximum Gasteiger partial charge on any atom is 0.119 e. The normalized spacial score (nSPS) is 19.2. The molecule has 0 heterocycles. The van der Waals surface area contributed by atoms with Gasteiger partial charge in [-0.25, -0.2) is 0 Å². The van der Waals surface area contributed by atoms with Gasteiger partial charge in [0.05, 0.1) is 12.7 Å². The predicted molar refractivity (Wildman–Crippen MR) is 84.5 cm³/mol. The van der Waals surface area contributed by atoms with Gasteiger partial charge < -0.3 is 14.6 Å². The second kappa shape index (κ2) is 8.40. The van der Waals surface area contributed by atoms with Crippen molar-refractivity contribution in [3.63, 3.8) is 0 Å². The fraction of sp³-hybridized carbons (Fsp3) is 0.667. The molecule has 0 spiro atoms. The van der Waals surface area contributed by atoms with E-state index in [2.05, 4.69) is 0 Å². The van der Waals surface area contributed by atoms with Crippen LogP contribution in [0.25, 0.3) is 0 Å². The maximum absolute atomic E-state index is 9.33. The predicted octanol–water partition coefficient (Wildman–Crippen LogP) is 3.96. The van der Waals surface area contributed by atoms with Crippen LogP contribution in [-0.4, -0.2) is 25.4 Å². The lowest BCUT2D eigenvalue weighted by Gasteiger charge is -2.23. The Bertz CT molecular complexity index is 413. The largest absolute Gasteiger partial charge is 0.493 e. The zero-order valence-corrected chi connectivity index (χ0v) is 13.3. The lowest BCUT2D eigenvalue weighted by molar-refractivity contribution is 0.0326. The first-order valence-corrected chi connectivity index (χ1v) is 8.11. The molecule has 1 N–H and O–H groups in total. The minimum atomic E-state index is -0.0896. The van der Waals surface area contributed by atoms with E-state index >= 15 is 0 Å². The highest BCUT2D eigenvalue weighted by Crippen LogP contribution is 2.29. The minimum Gasteiger partial charge on any atom is -0.493 e. The summed E-state index contributed by atoms with van der Waals surface area (Å²) in [4.78, 5) is 0. The van der Waals surface area contributed by atoms with Crippen molar-refractivity contribution in [2.75, 3.05) is 20.3 Å². The summed E-state index contributed by atoms with van der Waals surface area (Å²) in [5, 5.41) is 9.33. The first-order valence-electron chi connectivity index (χ1n) is 8.11. The van der Waals surface area contributed by atoms with E-state index in [9.17, 15) is 5.11 Å². The summed E-state index contributed by atoms with van der Waals surface area (Å²) < 4.78 is 11.5. The SMILES string of the molecule is CO[C@H](c1cccc(OCC2CCCCC2)c1)[C@@H](C)CO. The third-order valence-corrected chi connectivity index (χ3v) is 4.46. The summed E-state index contributed by atoms with van der Waals surface area (Å²) in [6.45, 7) is 2.92. The topological polar surface area (TPSA) is 38.7 Å². The Morgan fingerprint density at radius 1 is 1.24 bits per heavy atom. The first-order chi connectivity index (χ1) is 10.2. The molecule has 1 aliphatic carbocycles. The highest BCUT2D eigenvalue weighted by Gasteiger charge is 2.19. The maximum atomic E-state index is 9.33. The molecule has 0 bridgehead atoms. The van der Waals surface area contributed by atoms with E-state index in [0.717, 1.165) is 17.9 Å². The minimum absolute atomic E-state index is 0.0728. The fourth-order valence-electron chi connectivity index (χ4n) is 3.14. The molecular weight excluding hydrogens is 264 g/mol. The number of benzene rings is 1. The molecule has 2 atom stereocenters. The van der Waals surface area contributed by atoms with Crippen molar-refractivity contribution in [2.45, 2.75) is 45.1 Å². The molecule has 0 unspecified atom stereocenters. The summed E-state index contributed by atoms with van der Waals surface area (Å²) in [6, 6.07) is 8.08. The Kier molecular flexibility index (Phi) is 6.52. The zero-order chi connectivity index (χ0) is 15.1. The number of hydrogen-bond acceptors (Lipinski definition) is 3. The Morgan fingerprint density at radius 2 is 2.00 bits per heavy atom. The highest BCUT2D eigenvalue weighted by molar-refractivity contribution is 5.30. The van der Waals surface area contributed by atoms with Gasteiger partial charge in [-0.2, -0.15) is 0 Å². The zero-order valence-electron chi connectivity index (χ0n) is 13.3. The van der Waals surface area contributed by atoms with Crippen molar-refractivity contribution in [1.82, 2.24) is 0 Å². The van der Waals surface area contributed by atoms with Gasteiger partial charge in [0.2, 0.25) is 0 Å². The van der Waals surface area contributed by atoms with E-state index in [-0.39, 0.29) is 18.6 Å². The monoisotopic (exact) mass is 292 g/mol. The third kappa shape index (κ3) is 4.72. The van der Waals surface area contributed by atoms with Gasteiger partial charge in [0.25, 0.3) is 0 Å². The van der Waals surface area contributed by atoms with E-state index in [1.165, 1.54) is 32.1 Å². The van der Waals surface area contributed by atoms with Crippen LogP contribution in [0.15, 0.2) is 24.3 Å². The van der Waals surface area contributed by atoms with Crippen LogP contribution >= 0.6 is 0 Å². The van der Waals surface area contributed by atoms with Gasteiger partial charge in [-0.3, -0.25) is 0 Å². The van der Waals surface area contributed by atoms with Crippen LogP contribution in [0, 0.1) is 11.8 Å². The van der Waals surface area contributed by atoms with Crippen LogP contribution < -0.4 is 4.74 Å². The van der Waals surface area contributed by atoms with Gasteiger partial charge >= 0.3 is 0 Å². The summed E-state index contributed by atoms with van der Waals surface area (Å²) >= 11 is 0. The van der Waals surface area contributed by atoms with E-state index in [1.54, 1.807) is 7.11 Å². The Hall–Kier alpha value is -1.06. The van der Waals surface area contributed by atoms with Crippen molar-refractivity contribution >= 4 is 0 Å². The quantitative estimate of drug-likeness (QED) is 0.826. The number of aliphatic hydroxyl groups is 1. The lowest BCUT2D eigenvalue weighted by atomic mass is 9.90. The summed E-state index contributed by atoms with van der Waals surface area (Å²) in [6.07, 6.45) is 6.56. The van der Waals surface area contributed by atoms with Crippen LogP contribution in [0.1, 0.15) is 50.7 Å². The summed E-state index contributed by atoms with van der Waals surface area (Å²) in [5.74, 6) is 1.69. The molecule has 1 saturated carbocycles. The molecule has 0 amide bonds. The Morgan fingerprint density at radius 3 is 2.67 bits per heavy atom. The lowest BCUT2D eigenvalue weighted by Crippen LogP contribution is -2.17. The van der Waals surface area contributed by atoms with Crippen LogP contribution in [0.4, 0.5) is 0 Å². The average Bonchev–Trinajstić information content (AvgIpc) is 2.55. The van der Waals surface area contributed by atoms with Gasteiger partial charge in [0, 0.05) is 19.6 Å². The second-order valence-electron chi connectivity index (χ2n) is 6.20. The average molecular weight is 292 g/mol. The van der Waals surface area contributed by atoms with E-state index < -0.39 is 0 Å². The van der Waals surface area contributed by atoms with E-state index in [0.29, 0.717) is 5.92 Å². The van der Waals surface area contributed by atoms with Crippen LogP contribution in [0.5, 0.6) is 5.75 Å². The third-order valence-electron chi connectivity index (χ3n) is 4.46. The molecule has 1 aromatic carbocycles. The van der Waals surface area contributed by atoms with Gasteiger partial charge in [0.15, 0.2) is 0 Å². The van der Waals surface area contributed by atoms with Crippen LogP contribution in [0.2, 0.25) is 0 Å². The van der Waals surface area contributed by atoms with Crippen molar-refractivity contribution in [3.8, 4) is 5.75 Å². The smallest absolute Gasteiger partial charge is 0.119 e. The van der Waals surface area contributed by atoms with Crippen molar-refractivity contribution in [1.29, 1.82) is 0 Å². The van der Waals surface area contributed by atoms with Gasteiger partial charge in [0.1, 0.15) is 5.75 Å². The number of methoxy groups -OCH3 is 1. The van der Waals surface area contributed by atoms with Gasteiger partial charge in [-0.1, -0.05) is 38.3 Å².